The summed E-state index contributed by atoms with van der Waals surface area (Å²) >= 11 is 0. The molecule has 2 aromatic heterocycles. The van der Waals surface area contributed by atoms with Crippen LogP contribution in [-0.2, 0) is 4.79 Å². The zero-order valence-electron chi connectivity index (χ0n) is 21.4. The van der Waals surface area contributed by atoms with Crippen LogP contribution in [0.1, 0.15) is 5.69 Å². The molecule has 0 spiro atoms. The summed E-state index contributed by atoms with van der Waals surface area (Å²) in [5.41, 5.74) is 2.58. The summed E-state index contributed by atoms with van der Waals surface area (Å²) < 4.78 is 26.1. The van der Waals surface area contributed by atoms with Gasteiger partial charge < -0.3 is 25.0 Å². The van der Waals surface area contributed by atoms with Gasteiger partial charge in [-0.3, -0.25) is 4.79 Å². The first-order valence-electron chi connectivity index (χ1n) is 12.2. The van der Waals surface area contributed by atoms with Gasteiger partial charge in [0.2, 0.25) is 11.9 Å². The van der Waals surface area contributed by atoms with Crippen molar-refractivity contribution in [1.29, 1.82) is 0 Å². The first-order valence-corrected chi connectivity index (χ1v) is 12.2. The van der Waals surface area contributed by atoms with E-state index in [4.69, 9.17) is 14.5 Å². The molecule has 2 aromatic carbocycles. The molecule has 0 radical (unpaired) electrons. The van der Waals surface area contributed by atoms with Crippen LogP contribution in [0.25, 0.3) is 11.1 Å². The van der Waals surface area contributed by atoms with Gasteiger partial charge in [-0.15, -0.1) is 0 Å². The van der Waals surface area contributed by atoms with Crippen LogP contribution >= 0.6 is 0 Å². The Hall–Kier alpha value is -5.06. The molecule has 1 amide bonds. The molecule has 1 fully saturated rings. The van der Waals surface area contributed by atoms with Gasteiger partial charge in [0, 0.05) is 36.7 Å². The van der Waals surface area contributed by atoms with Crippen LogP contribution in [0.15, 0.2) is 73.6 Å². The van der Waals surface area contributed by atoms with E-state index < -0.39 is 5.82 Å². The Morgan fingerprint density at radius 3 is 2.69 bits per heavy atom. The lowest BCUT2D eigenvalue weighted by Crippen LogP contribution is -2.59. The normalized spacial score (nSPS) is 12.8. The van der Waals surface area contributed by atoms with Crippen LogP contribution in [0.2, 0.25) is 0 Å². The number of para-hydroxylation sites is 2. The van der Waals surface area contributed by atoms with Gasteiger partial charge in [-0.25, -0.2) is 19.3 Å². The van der Waals surface area contributed by atoms with Gasteiger partial charge in [-0.1, -0.05) is 24.8 Å². The van der Waals surface area contributed by atoms with Crippen molar-refractivity contribution in [3.8, 4) is 28.6 Å². The molecule has 0 atom stereocenters. The maximum absolute atomic E-state index is 15.1. The van der Waals surface area contributed by atoms with Crippen molar-refractivity contribution in [2.24, 2.45) is 0 Å². The minimum atomic E-state index is -0.584. The molecule has 1 aliphatic heterocycles. The van der Waals surface area contributed by atoms with Crippen LogP contribution in [0, 0.1) is 12.7 Å². The third kappa shape index (κ3) is 5.77. The number of nitrogens with one attached hydrogen (secondary N) is 2. The van der Waals surface area contributed by atoms with Crippen molar-refractivity contribution in [2.75, 3.05) is 30.4 Å². The first-order chi connectivity index (χ1) is 18.9. The molecule has 39 heavy (non-hydrogen) atoms. The quantitative estimate of drug-likeness (QED) is 0.305. The van der Waals surface area contributed by atoms with Gasteiger partial charge in [0.25, 0.3) is 0 Å². The minimum absolute atomic E-state index is 0.00238. The Labute approximate surface area is 224 Å². The number of carbonyl (C=O) groups is 1. The van der Waals surface area contributed by atoms with Crippen molar-refractivity contribution in [1.82, 2.24) is 25.3 Å². The second-order valence-electron chi connectivity index (χ2n) is 8.80. The highest BCUT2D eigenvalue weighted by Crippen LogP contribution is 2.36. The highest BCUT2D eigenvalue weighted by molar-refractivity contribution is 5.87. The fraction of sp³-hybridized carbons (Fsp3) is 0.179. The predicted octanol–water partition coefficient (Wildman–Crippen LogP) is 4.42. The summed E-state index contributed by atoms with van der Waals surface area (Å²) in [6.45, 7) is 6.33. The lowest BCUT2D eigenvalue weighted by atomic mass is 10.0. The van der Waals surface area contributed by atoms with E-state index in [-0.39, 0.29) is 23.7 Å². The summed E-state index contributed by atoms with van der Waals surface area (Å²) in [4.78, 5) is 31.1. The molecule has 0 saturated carbocycles. The SMILES string of the molecule is C=CC(=O)NC1CN(c2nc(Nc3ccccc3OC)ncc2-c2ccc(Oc3nccc(C)n3)c(F)c2)C1. The number of carbonyl (C=O) groups excluding carboxylic acids is 1. The van der Waals surface area contributed by atoms with E-state index in [1.807, 2.05) is 29.2 Å². The van der Waals surface area contributed by atoms with Gasteiger partial charge in [0.05, 0.1) is 18.8 Å². The topological polar surface area (TPSA) is 114 Å². The minimum Gasteiger partial charge on any atom is -0.495 e. The average molecular weight is 528 g/mol. The summed E-state index contributed by atoms with van der Waals surface area (Å²) in [5, 5.41) is 6.06. The first kappa shape index (κ1) is 25.6. The van der Waals surface area contributed by atoms with E-state index in [1.54, 1.807) is 38.6 Å². The Kier molecular flexibility index (Phi) is 7.30. The zero-order valence-corrected chi connectivity index (χ0v) is 21.4. The standard InChI is InChI=1S/C28H26FN7O3/c1-4-25(37)33-19-15-36(16-19)26-20(14-31-27(35-26)34-22-7-5-6-8-24(22)38-3)18-9-10-23(21(29)13-18)39-28-30-12-11-17(2)32-28/h4-14,19H,1,15-16H2,2-3H3,(H,33,37)(H,31,34,35). The van der Waals surface area contributed by atoms with Crippen LogP contribution in [-0.4, -0.2) is 52.1 Å². The Morgan fingerprint density at radius 2 is 1.95 bits per heavy atom. The molecule has 0 aliphatic carbocycles. The van der Waals surface area contributed by atoms with Gasteiger partial charge >= 0.3 is 6.01 Å². The predicted molar refractivity (Wildman–Crippen MR) is 145 cm³/mol. The number of aromatic nitrogens is 4. The molecule has 4 aromatic rings. The lowest BCUT2D eigenvalue weighted by Gasteiger charge is -2.41. The van der Waals surface area contributed by atoms with Crippen LogP contribution in [0.5, 0.6) is 17.5 Å². The van der Waals surface area contributed by atoms with E-state index in [0.29, 0.717) is 53.1 Å². The maximum atomic E-state index is 15.1. The van der Waals surface area contributed by atoms with Crippen LogP contribution in [0.4, 0.5) is 21.8 Å². The van der Waals surface area contributed by atoms with E-state index >= 15 is 4.39 Å². The summed E-state index contributed by atoms with van der Waals surface area (Å²) in [5.74, 6) is 0.738. The number of halogens is 1. The summed E-state index contributed by atoms with van der Waals surface area (Å²) in [7, 11) is 1.58. The smallest absolute Gasteiger partial charge is 0.322 e. The molecule has 5 rings (SSSR count). The van der Waals surface area contributed by atoms with Crippen molar-refractivity contribution < 1.29 is 18.7 Å². The summed E-state index contributed by atoms with van der Waals surface area (Å²) in [6, 6.07) is 13.7. The number of ether oxygens (including phenoxy) is 2. The number of nitrogens with zero attached hydrogens (tertiary/aromatic N) is 5. The molecule has 0 bridgehead atoms. The maximum Gasteiger partial charge on any atom is 0.322 e. The van der Waals surface area contributed by atoms with Crippen LogP contribution in [0.3, 0.4) is 0 Å². The molecule has 0 unspecified atom stereocenters. The Bertz CT molecular complexity index is 1530. The van der Waals surface area contributed by atoms with Crippen LogP contribution < -0.4 is 25.0 Å². The number of rotatable bonds is 9. The number of anilines is 3. The monoisotopic (exact) mass is 527 g/mol. The number of hydrogen-bond acceptors (Lipinski definition) is 9. The second-order valence-corrected chi connectivity index (χ2v) is 8.80. The number of amides is 1. The Morgan fingerprint density at radius 1 is 1.13 bits per heavy atom. The summed E-state index contributed by atoms with van der Waals surface area (Å²) in [6.07, 6.45) is 4.42. The zero-order chi connectivity index (χ0) is 27.4. The van der Waals surface area contributed by atoms with Crippen molar-refractivity contribution >= 4 is 23.4 Å². The molecular weight excluding hydrogens is 501 g/mol. The van der Waals surface area contributed by atoms with Crippen molar-refractivity contribution in [3.05, 3.63) is 85.1 Å². The lowest BCUT2D eigenvalue weighted by molar-refractivity contribution is -0.117. The van der Waals surface area contributed by atoms with E-state index in [9.17, 15) is 4.79 Å². The highest BCUT2D eigenvalue weighted by Gasteiger charge is 2.31. The molecule has 3 heterocycles. The molecule has 1 aliphatic rings. The van der Waals surface area contributed by atoms with Gasteiger partial charge in [-0.05, 0) is 48.9 Å². The third-order valence-corrected chi connectivity index (χ3v) is 6.05. The van der Waals surface area contributed by atoms with Crippen molar-refractivity contribution in [2.45, 2.75) is 13.0 Å². The molecular formula is C28H26FN7O3. The fourth-order valence-electron chi connectivity index (χ4n) is 4.07. The number of aryl methyl sites for hydroxylation is 1. The second kappa shape index (κ2) is 11.1. The van der Waals surface area contributed by atoms with Gasteiger partial charge in [0.1, 0.15) is 11.6 Å². The molecule has 11 heteroatoms. The van der Waals surface area contributed by atoms with Gasteiger partial charge in [-0.2, -0.15) is 4.98 Å². The third-order valence-electron chi connectivity index (χ3n) is 6.05. The van der Waals surface area contributed by atoms with E-state index in [1.165, 1.54) is 18.2 Å². The Balaban J connectivity index is 1.45. The molecule has 198 valence electrons. The number of hydrogen-bond donors (Lipinski definition) is 2. The number of benzene rings is 2. The largest absolute Gasteiger partial charge is 0.495 e. The highest BCUT2D eigenvalue weighted by atomic mass is 19.1. The van der Waals surface area contributed by atoms with E-state index in [0.717, 1.165) is 0 Å². The van der Waals surface area contributed by atoms with Crippen molar-refractivity contribution in [3.63, 3.8) is 0 Å². The molecule has 1 saturated heterocycles. The molecule has 2 N–H and O–H groups in total. The number of methoxy groups -OCH3 is 1. The molecule has 10 nitrogen and oxygen atoms in total. The van der Waals surface area contributed by atoms with Gasteiger partial charge in [0.15, 0.2) is 11.6 Å². The van der Waals surface area contributed by atoms with E-state index in [2.05, 4.69) is 32.2 Å². The fourth-order valence-corrected chi connectivity index (χ4v) is 4.07. The average Bonchev–Trinajstić information content (AvgIpc) is 2.92.